The molecule has 0 aliphatic carbocycles. The number of hydrogen-bond donors (Lipinski definition) is 3. The molecule has 110 valence electrons. The summed E-state index contributed by atoms with van der Waals surface area (Å²) >= 11 is 0. The number of sulfone groups is 1. The molecule has 4 N–H and O–H groups in total. The first-order valence-electron chi connectivity index (χ1n) is 5.89. The van der Waals surface area contributed by atoms with E-state index in [4.69, 9.17) is 5.73 Å². The molecule has 7 nitrogen and oxygen atoms in total. The van der Waals surface area contributed by atoms with Gasteiger partial charge in [-0.3, -0.25) is 9.59 Å². The lowest BCUT2D eigenvalue weighted by Gasteiger charge is -2.06. The molecule has 0 radical (unpaired) electrons. The van der Waals surface area contributed by atoms with Crippen molar-refractivity contribution in [2.45, 2.75) is 11.4 Å². The van der Waals surface area contributed by atoms with Crippen molar-refractivity contribution in [3.05, 3.63) is 29.8 Å². The average Bonchev–Trinajstić information content (AvgIpc) is 2.41. The zero-order chi connectivity index (χ0) is 15.2. The van der Waals surface area contributed by atoms with E-state index >= 15 is 0 Å². The Bertz CT molecular complexity index is 581. The third-order valence-electron chi connectivity index (χ3n) is 2.44. The lowest BCUT2D eigenvalue weighted by atomic mass is 10.2. The second-order valence-corrected chi connectivity index (χ2v) is 6.16. The van der Waals surface area contributed by atoms with Crippen LogP contribution < -0.4 is 16.4 Å². The molecule has 0 unspecified atom stereocenters. The van der Waals surface area contributed by atoms with Gasteiger partial charge >= 0.3 is 11.8 Å². The van der Waals surface area contributed by atoms with E-state index in [2.05, 4.69) is 10.6 Å². The molecule has 0 bridgehead atoms. The monoisotopic (exact) mass is 299 g/mol. The fraction of sp³-hybridized carbons (Fsp3) is 0.333. The first-order chi connectivity index (χ1) is 9.34. The quantitative estimate of drug-likeness (QED) is 0.589. The Labute approximate surface area is 117 Å². The predicted octanol–water partition coefficient (Wildman–Crippen LogP) is -1.22. The van der Waals surface area contributed by atoms with Crippen LogP contribution in [0.15, 0.2) is 29.2 Å². The lowest BCUT2D eigenvalue weighted by Crippen LogP contribution is -2.41. The van der Waals surface area contributed by atoms with Crippen molar-refractivity contribution >= 4 is 21.7 Å². The van der Waals surface area contributed by atoms with Gasteiger partial charge in [0.05, 0.1) is 4.90 Å². The van der Waals surface area contributed by atoms with E-state index in [0.29, 0.717) is 5.56 Å². The smallest absolute Gasteiger partial charge is 0.309 e. The summed E-state index contributed by atoms with van der Waals surface area (Å²) in [5.41, 5.74) is 5.89. The third kappa shape index (κ3) is 4.98. The molecule has 1 rings (SSSR count). The number of hydrogen-bond acceptors (Lipinski definition) is 5. The number of rotatable bonds is 5. The van der Waals surface area contributed by atoms with E-state index in [-0.39, 0.29) is 24.5 Å². The van der Waals surface area contributed by atoms with Crippen LogP contribution in [0.2, 0.25) is 0 Å². The summed E-state index contributed by atoms with van der Waals surface area (Å²) in [4.78, 5) is 22.8. The Balaban J connectivity index is 2.54. The van der Waals surface area contributed by atoms with Gasteiger partial charge in [0.2, 0.25) is 0 Å². The molecule has 0 aliphatic rings. The van der Waals surface area contributed by atoms with Crippen LogP contribution in [0.5, 0.6) is 0 Å². The molecule has 0 saturated carbocycles. The maximum Gasteiger partial charge on any atom is 0.309 e. The molecule has 8 heteroatoms. The normalized spacial score (nSPS) is 10.9. The van der Waals surface area contributed by atoms with Gasteiger partial charge in [0.25, 0.3) is 0 Å². The Morgan fingerprint density at radius 2 is 1.65 bits per heavy atom. The van der Waals surface area contributed by atoms with E-state index in [9.17, 15) is 18.0 Å². The second kappa shape index (κ2) is 7.01. The van der Waals surface area contributed by atoms with Crippen LogP contribution in [0.25, 0.3) is 0 Å². The van der Waals surface area contributed by atoms with Gasteiger partial charge in [-0.15, -0.1) is 0 Å². The van der Waals surface area contributed by atoms with Gasteiger partial charge in [-0.25, -0.2) is 8.42 Å². The Morgan fingerprint density at radius 3 is 2.15 bits per heavy atom. The summed E-state index contributed by atoms with van der Waals surface area (Å²) in [6, 6.07) is 6.06. The molecule has 0 aromatic heterocycles. The maximum absolute atomic E-state index is 11.4. The van der Waals surface area contributed by atoms with E-state index in [1.807, 2.05) is 0 Å². The van der Waals surface area contributed by atoms with Crippen molar-refractivity contribution in [3.63, 3.8) is 0 Å². The molecule has 0 atom stereocenters. The zero-order valence-electron chi connectivity index (χ0n) is 11.0. The summed E-state index contributed by atoms with van der Waals surface area (Å²) in [6.45, 7) is 0.625. The minimum atomic E-state index is -3.24. The number of carbonyl (C=O) groups is 2. The van der Waals surface area contributed by atoms with Gasteiger partial charge in [-0.1, -0.05) is 12.1 Å². The highest BCUT2D eigenvalue weighted by atomic mass is 32.2. The SMILES string of the molecule is CS(=O)(=O)c1ccc(CNC(=O)C(=O)NCCN)cc1. The van der Waals surface area contributed by atoms with Crippen molar-refractivity contribution in [1.82, 2.24) is 10.6 Å². The standard InChI is InChI=1S/C12H17N3O4S/c1-20(18,19)10-4-2-9(3-5-10)8-15-12(17)11(16)14-7-6-13/h2-5H,6-8,13H2,1H3,(H,14,16)(H,15,17). The molecule has 2 amide bonds. The van der Waals surface area contributed by atoms with Crippen LogP contribution in [-0.2, 0) is 26.0 Å². The van der Waals surface area contributed by atoms with Gasteiger partial charge in [-0.05, 0) is 17.7 Å². The summed E-state index contributed by atoms with van der Waals surface area (Å²) < 4.78 is 22.5. The fourth-order valence-corrected chi connectivity index (χ4v) is 2.01. The minimum absolute atomic E-state index is 0.138. The molecule has 0 fully saturated rings. The predicted molar refractivity (Wildman–Crippen MR) is 73.5 cm³/mol. The Morgan fingerprint density at radius 1 is 1.10 bits per heavy atom. The highest BCUT2D eigenvalue weighted by molar-refractivity contribution is 7.90. The van der Waals surface area contributed by atoms with Crippen molar-refractivity contribution in [2.24, 2.45) is 5.73 Å². The summed E-state index contributed by atoms with van der Waals surface area (Å²) in [5.74, 6) is -1.51. The lowest BCUT2D eigenvalue weighted by molar-refractivity contribution is -0.139. The molecule has 1 aromatic carbocycles. The topological polar surface area (TPSA) is 118 Å². The molecule has 20 heavy (non-hydrogen) atoms. The first kappa shape index (κ1) is 16.1. The van der Waals surface area contributed by atoms with Crippen LogP contribution in [0, 0.1) is 0 Å². The molecular formula is C12H17N3O4S. The molecule has 1 aromatic rings. The van der Waals surface area contributed by atoms with E-state index in [1.165, 1.54) is 12.1 Å². The zero-order valence-corrected chi connectivity index (χ0v) is 11.9. The van der Waals surface area contributed by atoms with Crippen molar-refractivity contribution in [2.75, 3.05) is 19.3 Å². The summed E-state index contributed by atoms with van der Waals surface area (Å²) in [6.07, 6.45) is 1.12. The number of amides is 2. The van der Waals surface area contributed by atoms with Crippen LogP contribution in [-0.4, -0.2) is 39.6 Å². The van der Waals surface area contributed by atoms with Crippen LogP contribution >= 0.6 is 0 Å². The summed E-state index contributed by atoms with van der Waals surface area (Å²) in [5, 5.41) is 4.77. The fourth-order valence-electron chi connectivity index (χ4n) is 1.38. The number of carbonyl (C=O) groups excluding carboxylic acids is 2. The van der Waals surface area contributed by atoms with Crippen LogP contribution in [0.3, 0.4) is 0 Å². The molecule has 0 aliphatic heterocycles. The molecule has 0 heterocycles. The third-order valence-corrected chi connectivity index (χ3v) is 3.57. The van der Waals surface area contributed by atoms with Crippen molar-refractivity contribution < 1.29 is 18.0 Å². The van der Waals surface area contributed by atoms with Crippen molar-refractivity contribution in [3.8, 4) is 0 Å². The molecular weight excluding hydrogens is 282 g/mol. The van der Waals surface area contributed by atoms with Crippen molar-refractivity contribution in [1.29, 1.82) is 0 Å². The minimum Gasteiger partial charge on any atom is -0.347 e. The summed E-state index contributed by atoms with van der Waals surface area (Å²) in [7, 11) is -3.24. The Kier molecular flexibility index (Phi) is 5.66. The number of nitrogens with two attached hydrogens (primary N) is 1. The first-order valence-corrected chi connectivity index (χ1v) is 7.79. The van der Waals surface area contributed by atoms with Gasteiger partial charge in [0, 0.05) is 25.9 Å². The Hall–Kier alpha value is -1.93. The largest absolute Gasteiger partial charge is 0.347 e. The van der Waals surface area contributed by atoms with Crippen LogP contribution in [0.1, 0.15) is 5.56 Å². The van der Waals surface area contributed by atoms with Gasteiger partial charge in [-0.2, -0.15) is 0 Å². The van der Waals surface area contributed by atoms with E-state index in [1.54, 1.807) is 12.1 Å². The number of benzene rings is 1. The second-order valence-electron chi connectivity index (χ2n) is 4.14. The van der Waals surface area contributed by atoms with E-state index < -0.39 is 21.7 Å². The molecule has 0 saturated heterocycles. The highest BCUT2D eigenvalue weighted by Crippen LogP contribution is 2.09. The molecule has 0 spiro atoms. The maximum atomic E-state index is 11.4. The highest BCUT2D eigenvalue weighted by Gasteiger charge is 2.12. The van der Waals surface area contributed by atoms with Gasteiger partial charge in [0.1, 0.15) is 0 Å². The van der Waals surface area contributed by atoms with Crippen LogP contribution in [0.4, 0.5) is 0 Å². The van der Waals surface area contributed by atoms with Gasteiger partial charge in [0.15, 0.2) is 9.84 Å². The average molecular weight is 299 g/mol. The van der Waals surface area contributed by atoms with Gasteiger partial charge < -0.3 is 16.4 Å². The number of nitrogens with one attached hydrogen (secondary N) is 2. The van der Waals surface area contributed by atoms with E-state index in [0.717, 1.165) is 6.26 Å².